The number of hydrogen-bond acceptors (Lipinski definition) is 4. The third-order valence-electron chi connectivity index (χ3n) is 3.39. The van der Waals surface area contributed by atoms with Crippen LogP contribution >= 0.6 is 15.9 Å². The minimum atomic E-state index is -3.07. The van der Waals surface area contributed by atoms with Gasteiger partial charge in [0.1, 0.15) is 0 Å². The third-order valence-corrected chi connectivity index (χ3v) is 6.24. The third kappa shape index (κ3) is 2.31. The van der Waals surface area contributed by atoms with Crippen LogP contribution in [0, 0.1) is 23.7 Å². The first-order valence-electron chi connectivity index (χ1n) is 5.58. The van der Waals surface area contributed by atoms with Crippen LogP contribution in [0.1, 0.15) is 17.8 Å². The molecule has 1 atom stereocenters. The first kappa shape index (κ1) is 13.6. The summed E-state index contributed by atoms with van der Waals surface area (Å²) < 4.78 is 25.7. The number of nitrogens with zero attached hydrogens (tertiary/aromatic N) is 3. The van der Waals surface area contributed by atoms with Crippen LogP contribution in [0.2, 0.25) is 0 Å². The molecule has 18 heavy (non-hydrogen) atoms. The molecule has 0 aromatic carbocycles. The highest BCUT2D eigenvalue weighted by molar-refractivity contribution is 9.10. The Bertz CT molecular complexity index is 629. The molecule has 1 aliphatic rings. The smallest absolute Gasteiger partial charge is 0.151 e. The monoisotopic (exact) mass is 331 g/mol. The van der Waals surface area contributed by atoms with E-state index in [9.17, 15) is 13.7 Å². The fraction of sp³-hybridized carbons (Fsp3) is 0.636. The van der Waals surface area contributed by atoms with Crippen molar-refractivity contribution in [3.05, 3.63) is 15.9 Å². The van der Waals surface area contributed by atoms with Gasteiger partial charge in [0.2, 0.25) is 0 Å². The maximum Gasteiger partial charge on any atom is 0.151 e. The summed E-state index contributed by atoms with van der Waals surface area (Å²) in [5.74, 6) is 0.0577. The van der Waals surface area contributed by atoms with Crippen LogP contribution in [0.3, 0.4) is 0 Å². The molecule has 0 saturated carbocycles. The molecule has 7 heteroatoms. The van der Waals surface area contributed by atoms with Crippen molar-refractivity contribution in [2.24, 2.45) is 12.5 Å². The van der Waals surface area contributed by atoms with E-state index in [0.29, 0.717) is 12.8 Å². The van der Waals surface area contributed by atoms with Crippen molar-refractivity contribution in [1.29, 1.82) is 5.26 Å². The van der Waals surface area contributed by atoms with Crippen molar-refractivity contribution in [2.45, 2.75) is 19.8 Å². The molecule has 1 aromatic rings. The highest BCUT2D eigenvalue weighted by atomic mass is 79.9. The van der Waals surface area contributed by atoms with E-state index in [2.05, 4.69) is 27.1 Å². The van der Waals surface area contributed by atoms with Gasteiger partial charge >= 0.3 is 0 Å². The normalized spacial score (nSPS) is 26.1. The van der Waals surface area contributed by atoms with Crippen LogP contribution in [0.4, 0.5) is 0 Å². The van der Waals surface area contributed by atoms with E-state index in [-0.39, 0.29) is 11.5 Å². The molecule has 1 aromatic heterocycles. The van der Waals surface area contributed by atoms with E-state index in [4.69, 9.17) is 0 Å². The maximum absolute atomic E-state index is 11.6. The van der Waals surface area contributed by atoms with E-state index in [0.717, 1.165) is 15.9 Å². The van der Waals surface area contributed by atoms with Crippen LogP contribution in [0.15, 0.2) is 4.47 Å². The molecule has 1 fully saturated rings. The van der Waals surface area contributed by atoms with Crippen molar-refractivity contribution in [3.8, 4) is 6.07 Å². The zero-order valence-corrected chi connectivity index (χ0v) is 12.7. The predicted molar refractivity (Wildman–Crippen MR) is 70.7 cm³/mol. The van der Waals surface area contributed by atoms with Crippen LogP contribution in [-0.2, 0) is 23.3 Å². The zero-order chi connectivity index (χ0) is 13.6. The highest BCUT2D eigenvalue weighted by Gasteiger charge is 2.43. The van der Waals surface area contributed by atoms with Crippen molar-refractivity contribution < 1.29 is 8.42 Å². The van der Waals surface area contributed by atoms with Gasteiger partial charge in [-0.15, -0.1) is 0 Å². The van der Waals surface area contributed by atoms with Crippen molar-refractivity contribution >= 4 is 25.8 Å². The first-order valence-corrected chi connectivity index (χ1v) is 8.20. The Morgan fingerprint density at radius 2 is 2.28 bits per heavy atom. The molecule has 2 rings (SSSR count). The number of sulfone groups is 1. The summed E-state index contributed by atoms with van der Waals surface area (Å²) in [6, 6.07) is 2.20. The number of aryl methyl sites for hydroxylation is 2. The number of hydrogen-bond donors (Lipinski definition) is 0. The lowest BCUT2D eigenvalue weighted by molar-refractivity contribution is 0.434. The minimum absolute atomic E-state index is 0.0484. The van der Waals surface area contributed by atoms with Gasteiger partial charge in [-0.2, -0.15) is 10.4 Å². The van der Waals surface area contributed by atoms with E-state index >= 15 is 0 Å². The molecule has 1 unspecified atom stereocenters. The Hall–Kier alpha value is -0.870. The first-order chi connectivity index (χ1) is 8.29. The van der Waals surface area contributed by atoms with E-state index in [1.54, 1.807) is 4.68 Å². The second-order valence-electron chi connectivity index (χ2n) is 4.88. The van der Waals surface area contributed by atoms with Gasteiger partial charge in [0.25, 0.3) is 0 Å². The maximum atomic E-state index is 11.6. The molecule has 0 aliphatic carbocycles. The summed E-state index contributed by atoms with van der Waals surface area (Å²) in [6.45, 7) is 1.87. The molecular formula is C11H14BrN3O2S. The van der Waals surface area contributed by atoms with Crippen molar-refractivity contribution in [1.82, 2.24) is 9.78 Å². The molecule has 1 saturated heterocycles. The molecule has 1 aliphatic heterocycles. The molecular weight excluding hydrogens is 318 g/mol. The molecule has 0 N–H and O–H groups in total. The molecule has 0 spiro atoms. The number of nitriles is 1. The van der Waals surface area contributed by atoms with Crippen LogP contribution in [0.25, 0.3) is 0 Å². The SMILES string of the molecule is Cc1nn(C)c(CC2(C#N)CCS(=O)(=O)C2)c1Br. The fourth-order valence-corrected chi connectivity index (χ4v) is 4.85. The van der Waals surface area contributed by atoms with E-state index < -0.39 is 15.3 Å². The number of aromatic nitrogens is 2. The molecule has 98 valence electrons. The average Bonchev–Trinajstić information content (AvgIpc) is 2.72. The molecule has 0 amide bonds. The lowest BCUT2D eigenvalue weighted by atomic mass is 9.84. The zero-order valence-electron chi connectivity index (χ0n) is 10.3. The quantitative estimate of drug-likeness (QED) is 0.819. The summed E-state index contributed by atoms with van der Waals surface area (Å²) in [4.78, 5) is 0. The summed E-state index contributed by atoms with van der Waals surface area (Å²) in [6.07, 6.45) is 0.823. The summed E-state index contributed by atoms with van der Waals surface area (Å²) in [5, 5.41) is 13.6. The molecule has 5 nitrogen and oxygen atoms in total. The average molecular weight is 332 g/mol. The Morgan fingerprint density at radius 3 is 2.67 bits per heavy atom. The fourth-order valence-electron chi connectivity index (χ4n) is 2.38. The van der Waals surface area contributed by atoms with Gasteiger partial charge in [-0.1, -0.05) is 0 Å². The predicted octanol–water partition coefficient (Wildman–Crippen LogP) is 1.36. The molecule has 0 radical (unpaired) electrons. The Kier molecular flexibility index (Phi) is 3.28. The molecule has 2 heterocycles. The van der Waals surface area contributed by atoms with Crippen molar-refractivity contribution in [2.75, 3.05) is 11.5 Å². The van der Waals surface area contributed by atoms with Crippen LogP contribution < -0.4 is 0 Å². The van der Waals surface area contributed by atoms with Crippen LogP contribution in [-0.4, -0.2) is 29.7 Å². The lowest BCUT2D eigenvalue weighted by Crippen LogP contribution is -2.24. The van der Waals surface area contributed by atoms with Gasteiger partial charge in [0.15, 0.2) is 9.84 Å². The standard InChI is InChI=1S/C11H14BrN3O2S/c1-8-10(12)9(15(2)14-8)5-11(6-13)3-4-18(16,17)7-11/h3-5,7H2,1-2H3. The van der Waals surface area contributed by atoms with E-state index in [1.165, 1.54) is 0 Å². The Labute approximate surface area is 115 Å². The van der Waals surface area contributed by atoms with Gasteiger partial charge in [-0.05, 0) is 29.3 Å². The van der Waals surface area contributed by atoms with E-state index in [1.807, 2.05) is 14.0 Å². The summed E-state index contributed by atoms with van der Waals surface area (Å²) in [5.41, 5.74) is 0.925. The largest absolute Gasteiger partial charge is 0.271 e. The van der Waals surface area contributed by atoms with Gasteiger partial charge in [0, 0.05) is 13.5 Å². The van der Waals surface area contributed by atoms with Crippen molar-refractivity contribution in [3.63, 3.8) is 0 Å². The highest BCUT2D eigenvalue weighted by Crippen LogP contribution is 2.37. The minimum Gasteiger partial charge on any atom is -0.271 e. The lowest BCUT2D eigenvalue weighted by Gasteiger charge is -2.18. The van der Waals surface area contributed by atoms with Gasteiger partial charge in [0.05, 0.1) is 38.9 Å². The molecule has 0 bridgehead atoms. The van der Waals surface area contributed by atoms with Crippen LogP contribution in [0.5, 0.6) is 0 Å². The number of halogens is 1. The summed E-state index contributed by atoms with van der Waals surface area (Å²) in [7, 11) is -1.27. The Morgan fingerprint density at radius 1 is 1.61 bits per heavy atom. The Balaban J connectivity index is 2.36. The topological polar surface area (TPSA) is 75.8 Å². The summed E-state index contributed by atoms with van der Waals surface area (Å²) >= 11 is 3.45. The van der Waals surface area contributed by atoms with Gasteiger partial charge < -0.3 is 0 Å². The number of rotatable bonds is 2. The van der Waals surface area contributed by atoms with Gasteiger partial charge in [-0.25, -0.2) is 8.42 Å². The second kappa shape index (κ2) is 4.35. The van der Waals surface area contributed by atoms with Gasteiger partial charge in [-0.3, -0.25) is 4.68 Å². The second-order valence-corrected chi connectivity index (χ2v) is 7.86.